The molecular weight excluding hydrogens is 1810 g/mol. The zero-order chi connectivity index (χ0) is 103. The molecule has 2 aromatic carbocycles. The van der Waals surface area contributed by atoms with Crippen molar-refractivity contribution in [3.05, 3.63) is 72.1 Å². The van der Waals surface area contributed by atoms with Crippen molar-refractivity contribution in [2.75, 3.05) is 25.4 Å². The van der Waals surface area contributed by atoms with Gasteiger partial charge in [-0.2, -0.15) is 12.6 Å². The highest BCUT2D eigenvalue weighted by atomic mass is 32.1. The number of H-pyrrole nitrogens is 2. The number of aliphatic hydroxyl groups is 3. The van der Waals surface area contributed by atoms with Crippen LogP contribution in [0.2, 0.25) is 0 Å². The molecule has 137 heavy (non-hydrogen) atoms. The molecule has 47 nitrogen and oxygen atoms in total. The van der Waals surface area contributed by atoms with E-state index < -0.39 is 296 Å². The Labute approximate surface area is 796 Å². The molecule has 4 aromatic rings. The average molecular weight is 1950 g/mol. The third kappa shape index (κ3) is 36.3. The lowest BCUT2D eigenvalue weighted by Crippen LogP contribution is -2.63. The van der Waals surface area contributed by atoms with Crippen LogP contribution in [0.1, 0.15) is 177 Å². The molecule has 5 rings (SSSR count). The van der Waals surface area contributed by atoms with E-state index in [1.807, 2.05) is 0 Å². The second-order valence-electron chi connectivity index (χ2n) is 35.0. The predicted octanol–water partition coefficient (Wildman–Crippen LogP) is -4.29. The number of benzene rings is 2. The van der Waals surface area contributed by atoms with Crippen LogP contribution in [0, 0.1) is 17.8 Å². The molecule has 48 heteroatoms. The molecule has 2 aromatic heterocycles. The van der Waals surface area contributed by atoms with Gasteiger partial charge in [0.15, 0.2) is 0 Å². The summed E-state index contributed by atoms with van der Waals surface area (Å²) in [6.45, 7) is 15.4. The van der Waals surface area contributed by atoms with Gasteiger partial charge in [0.1, 0.15) is 96.7 Å². The summed E-state index contributed by atoms with van der Waals surface area (Å²) in [7, 11) is 0. The smallest absolute Gasteiger partial charge is 0.327 e. The first kappa shape index (κ1) is 115. The van der Waals surface area contributed by atoms with Gasteiger partial charge in [0.25, 0.3) is 0 Å². The molecule has 1 saturated heterocycles. The fourth-order valence-electron chi connectivity index (χ4n) is 15.0. The van der Waals surface area contributed by atoms with Gasteiger partial charge in [-0.15, -0.1) is 0 Å². The SMILES string of the molecule is CC[C@H](C)[C@H](NC(=O)[C@H](Cc1c[nH]c2ccccc12)NC(=O)[C@H](CCC(=O)O)NC(=O)[C@@H](NC(=O)[C@H](CC(C)C)NC(=O)[C@H](Cc1c[nH]c2ccccc12)NC(=O)[C@H](CCCCN)NC(=O)[C@@H](NC(=O)CN)[C@@H](C)O)[C@@H](C)O)C(=O)N1CCC[C@H]1C(=O)N[C@@H](CC(C)C)C(=O)N[C@H](C(=O)N[C@@H](C)C(=O)N[C@@H](CCC(=O)O)C(=O)N[C@@H](C)C(=O)N[C@@H](CCC(=O)O)C(=O)N[C@@H](CS)C(=O)O)[C@@H](C)O. The summed E-state index contributed by atoms with van der Waals surface area (Å²) in [5.41, 5.74) is 13.5. The van der Waals surface area contributed by atoms with Gasteiger partial charge >= 0.3 is 23.9 Å². The number of aromatic amines is 2. The number of carboxylic acid groups (broad SMARTS) is 4. The number of carbonyl (C=O) groups is 20. The number of unbranched alkanes of at least 4 members (excludes halogenated alkanes) is 1. The Morgan fingerprint density at radius 2 is 0.752 bits per heavy atom. The van der Waals surface area contributed by atoms with Gasteiger partial charge in [0, 0.05) is 78.6 Å². The maximum Gasteiger partial charge on any atom is 0.327 e. The van der Waals surface area contributed by atoms with E-state index in [2.05, 4.69) is 102 Å². The standard InChI is InChI=1S/C89H134N20O27S/c1-12-44(6)70(88(134)109-33-19-25-65(109)84(130)103-61(35-43(4)5)82(128)107-72(48(10)111)85(131)95-46(8)75(121)96-57(26-29-67(114)115)76(122)94-45(7)74(120)97-58(27-30-68(116)117)79(125)104-64(41-137)89(135)136)106-83(129)63(37-51-40-93-55-23-16-14-21-53(51)55)102-78(124)59(28-31-69(118)119)99-87(133)73(49(11)112)108-81(127)60(34-42(2)3)100-80(126)62(36-50-39-92-54-22-15-13-20-52(50)54)101-77(123)56(24-17-18-32-90)98-86(132)71(47(9)110)105-66(113)38-91/h13-16,20-23,39-40,42-49,56-65,70-73,92-93,110-112,137H,12,17-19,24-38,41,90-91H2,1-11H3,(H,94,122)(H,95,131)(H,96,121)(H,97,120)(H,98,132)(H,99,133)(H,100,126)(H,101,123)(H,102,124)(H,103,130)(H,104,125)(H,105,113)(H,106,129)(H,107,128)(H,108,127)(H,114,115)(H,116,117)(H,118,119)(H,135,136)/t44-,45-,46-,47+,48+,49+,56-,57-,58-,59-,60-,61-,62-,63-,64-,65-,70-,71-,72-,73-/m0/s1. The number of aliphatic carboxylic acids is 4. The lowest BCUT2D eigenvalue weighted by Gasteiger charge is -2.33. The Hall–Kier alpha value is -12.9. The van der Waals surface area contributed by atoms with Crippen LogP contribution in [0.3, 0.4) is 0 Å². The van der Waals surface area contributed by atoms with Gasteiger partial charge in [0.05, 0.1) is 24.9 Å². The number of carboxylic acids is 4. The van der Waals surface area contributed by atoms with E-state index in [0.717, 1.165) is 27.7 Å². The number of carbonyl (C=O) groups excluding carboxylic acids is 16. The molecular formula is C89H134N20O27S. The first-order chi connectivity index (χ1) is 64.5. The van der Waals surface area contributed by atoms with Crippen molar-refractivity contribution >= 4 is 153 Å². The molecule has 758 valence electrons. The topological polar surface area (TPSA) is 750 Å². The van der Waals surface area contributed by atoms with Crippen LogP contribution < -0.4 is 91.2 Å². The summed E-state index contributed by atoms with van der Waals surface area (Å²) in [4.78, 5) is 282. The number of hydrogen-bond donors (Lipinski definition) is 27. The van der Waals surface area contributed by atoms with E-state index >= 15 is 14.4 Å². The average Bonchev–Trinajstić information content (AvgIpc) is 1.71. The molecule has 3 heterocycles. The highest BCUT2D eigenvalue weighted by Gasteiger charge is 2.44. The van der Waals surface area contributed by atoms with Gasteiger partial charge in [-0.1, -0.05) is 84.4 Å². The van der Waals surface area contributed by atoms with Gasteiger partial charge in [-0.25, -0.2) is 4.79 Å². The number of nitrogens with two attached hydrogens (primary N) is 2. The van der Waals surface area contributed by atoms with Gasteiger partial charge in [-0.05, 0) is 146 Å². The number of amides is 16. The minimum absolute atomic E-state index is 0.0101. The van der Waals surface area contributed by atoms with Crippen molar-refractivity contribution in [1.29, 1.82) is 0 Å². The summed E-state index contributed by atoms with van der Waals surface area (Å²) in [6.07, 6.45) is -5.67. The Kier molecular flexibility index (Phi) is 46.8. The van der Waals surface area contributed by atoms with Gasteiger partial charge in [-0.3, -0.25) is 91.1 Å². The maximum absolute atomic E-state index is 15.3. The number of nitrogens with one attached hydrogen (secondary N) is 17. The summed E-state index contributed by atoms with van der Waals surface area (Å²) < 4.78 is 0. The molecule has 0 spiro atoms. The fraction of sp³-hybridized carbons (Fsp3) is 0.596. The summed E-state index contributed by atoms with van der Waals surface area (Å²) >= 11 is 3.87. The number of hydrogen-bond acceptors (Lipinski definition) is 26. The Bertz CT molecular complexity index is 4890. The zero-order valence-electron chi connectivity index (χ0n) is 78.5. The lowest BCUT2D eigenvalue weighted by atomic mass is 9.96. The Morgan fingerprint density at radius 3 is 1.15 bits per heavy atom. The molecule has 1 aliphatic rings. The number of para-hydroxylation sites is 2. The van der Waals surface area contributed by atoms with Crippen molar-refractivity contribution in [2.45, 2.75) is 294 Å². The number of nitrogens with zero attached hydrogens (tertiary/aromatic N) is 1. The quantitative estimate of drug-likeness (QED) is 0.0147. The highest BCUT2D eigenvalue weighted by molar-refractivity contribution is 7.80. The number of aliphatic hydroxyl groups excluding tert-OH is 3. The summed E-state index contributed by atoms with van der Waals surface area (Å²) in [6, 6.07) is -12.1. The molecule has 0 saturated carbocycles. The van der Waals surface area contributed by atoms with Crippen molar-refractivity contribution in [3.63, 3.8) is 0 Å². The Morgan fingerprint density at radius 1 is 0.409 bits per heavy atom. The predicted molar refractivity (Wildman–Crippen MR) is 497 cm³/mol. The molecule has 1 fully saturated rings. The molecule has 0 bridgehead atoms. The largest absolute Gasteiger partial charge is 0.481 e. The van der Waals surface area contributed by atoms with Gasteiger partial charge in [0.2, 0.25) is 94.5 Å². The maximum atomic E-state index is 15.3. The zero-order valence-corrected chi connectivity index (χ0v) is 79.4. The van der Waals surface area contributed by atoms with Crippen LogP contribution >= 0.6 is 12.6 Å². The van der Waals surface area contributed by atoms with Crippen LogP contribution in [0.4, 0.5) is 0 Å². The molecule has 20 atom stereocenters. The molecule has 0 radical (unpaired) electrons. The van der Waals surface area contributed by atoms with Gasteiger partial charge < -0.3 is 142 Å². The second kappa shape index (κ2) is 55.9. The van der Waals surface area contributed by atoms with Crippen LogP contribution in [0.5, 0.6) is 0 Å². The minimum atomic E-state index is -1.98. The first-order valence-electron chi connectivity index (χ1n) is 45.4. The summed E-state index contributed by atoms with van der Waals surface area (Å²) in [5.74, 6) is -24.2. The fourth-order valence-corrected chi connectivity index (χ4v) is 15.3. The normalized spacial score (nSPS) is 16.7. The van der Waals surface area contributed by atoms with Crippen molar-refractivity contribution < 1.29 is 132 Å². The number of rotatable bonds is 59. The number of likely N-dealkylation sites (tertiary alicyclic amines) is 1. The molecule has 16 amide bonds. The van der Waals surface area contributed by atoms with Crippen LogP contribution in [-0.4, -0.2) is 309 Å². The first-order valence-corrected chi connectivity index (χ1v) is 46.1. The molecule has 1 aliphatic heterocycles. The Balaban J connectivity index is 1.38. The van der Waals surface area contributed by atoms with Crippen LogP contribution in [0.15, 0.2) is 60.9 Å². The van der Waals surface area contributed by atoms with Crippen molar-refractivity contribution in [1.82, 2.24) is 94.6 Å². The monoisotopic (exact) mass is 1950 g/mol. The molecule has 0 unspecified atom stereocenters. The number of thiol groups is 1. The van der Waals surface area contributed by atoms with Crippen molar-refractivity contribution in [3.8, 4) is 0 Å². The number of fused-ring (bicyclic) bond motifs is 2. The van der Waals surface area contributed by atoms with Crippen LogP contribution in [-0.2, 0) is 109 Å². The van der Waals surface area contributed by atoms with E-state index in [0.29, 0.717) is 39.4 Å². The number of aromatic nitrogens is 2. The minimum Gasteiger partial charge on any atom is -0.481 e. The summed E-state index contributed by atoms with van der Waals surface area (Å²) in [5, 5.41) is 109. The van der Waals surface area contributed by atoms with E-state index in [1.165, 1.54) is 11.8 Å². The van der Waals surface area contributed by atoms with E-state index in [4.69, 9.17) is 11.5 Å². The molecule has 28 N–H and O–H groups in total. The van der Waals surface area contributed by atoms with E-state index in [9.17, 15) is 117 Å². The third-order valence-electron chi connectivity index (χ3n) is 22.9. The highest BCUT2D eigenvalue weighted by Crippen LogP contribution is 2.26. The van der Waals surface area contributed by atoms with Crippen LogP contribution in [0.25, 0.3) is 21.8 Å². The lowest BCUT2D eigenvalue weighted by molar-refractivity contribution is -0.144. The molecule has 0 aliphatic carbocycles. The van der Waals surface area contributed by atoms with E-state index in [1.54, 1.807) is 102 Å². The van der Waals surface area contributed by atoms with E-state index in [-0.39, 0.29) is 76.8 Å². The second-order valence-corrected chi connectivity index (χ2v) is 35.4. The van der Waals surface area contributed by atoms with Crippen molar-refractivity contribution in [2.24, 2.45) is 29.2 Å². The third-order valence-corrected chi connectivity index (χ3v) is 23.2.